The summed E-state index contributed by atoms with van der Waals surface area (Å²) in [6.07, 6.45) is 59.8. The Kier molecular flexibility index (Phi) is 38.1. The molecule has 6 saturated heterocycles. The number of anilines is 6. The molecule has 802 valence electrons. The van der Waals surface area contributed by atoms with Crippen LogP contribution in [0.1, 0.15) is 500 Å². The van der Waals surface area contributed by atoms with Crippen LogP contribution in [-0.4, -0.2) is 241 Å². The van der Waals surface area contributed by atoms with Crippen LogP contribution in [0.25, 0.3) is 0 Å². The number of methoxy groups -OCH3 is 2. The van der Waals surface area contributed by atoms with E-state index >= 15 is 0 Å². The smallest absolute Gasteiger partial charge is 0.234 e. The van der Waals surface area contributed by atoms with E-state index < -0.39 is 0 Å². The summed E-state index contributed by atoms with van der Waals surface area (Å²) in [5, 5.41) is 22.4. The zero-order valence-corrected chi connectivity index (χ0v) is 94.4. The van der Waals surface area contributed by atoms with Crippen LogP contribution in [-0.2, 0) is 38.5 Å². The summed E-state index contributed by atoms with van der Waals surface area (Å²) in [6.45, 7) is 61.7. The van der Waals surface area contributed by atoms with Gasteiger partial charge in [-0.2, -0.15) is 60.3 Å². The van der Waals surface area contributed by atoms with Gasteiger partial charge in [-0.3, -0.25) is 29.0 Å². The maximum atomic E-state index is 7.33. The van der Waals surface area contributed by atoms with Crippen molar-refractivity contribution in [3.8, 4) is 0 Å². The molecule has 140 heavy (non-hydrogen) atoms. The van der Waals surface area contributed by atoms with Crippen LogP contribution in [0.2, 0.25) is 0 Å². The van der Waals surface area contributed by atoms with Crippen LogP contribution in [0.15, 0.2) is 0 Å². The largest absolute Gasteiger partial charge is 0.364 e. The van der Waals surface area contributed by atoms with E-state index in [0.29, 0.717) is 61.3 Å². The van der Waals surface area contributed by atoms with Crippen LogP contribution < -0.4 is 30.2 Å². The van der Waals surface area contributed by atoms with Crippen molar-refractivity contribution in [2.45, 2.75) is 627 Å². The molecule has 0 atom stereocenters. The first kappa shape index (κ1) is 112. The number of unbranched alkanes of at least 4 members (excludes halogenated alkanes) is 5. The molecule has 6 saturated carbocycles. The van der Waals surface area contributed by atoms with E-state index in [1.54, 1.807) is 0 Å². The van der Waals surface area contributed by atoms with Gasteiger partial charge in [-0.15, -0.1) is 0 Å². The molecule has 2 aromatic rings. The molecule has 14 rings (SSSR count). The maximum absolute atomic E-state index is 7.33. The van der Waals surface area contributed by atoms with Gasteiger partial charge < -0.3 is 39.7 Å². The molecule has 0 aromatic carbocycles. The summed E-state index contributed by atoms with van der Waals surface area (Å²) >= 11 is 0. The normalized spacial score (nSPS) is 26.7. The molecule has 0 amide bonds. The number of aromatic nitrogens is 6. The molecular formula is C114H208N18O8. The molecule has 0 bridgehead atoms. The molecule has 6 aliphatic heterocycles. The second-order valence-corrected chi connectivity index (χ2v) is 54.4. The fraction of sp³-hybridized carbons (Fsp3) is 0.947. The summed E-state index contributed by atoms with van der Waals surface area (Å²) < 4.78 is 12.8. The number of rotatable bonds is 43. The highest BCUT2D eigenvalue weighted by molar-refractivity contribution is 5.49. The summed E-state index contributed by atoms with van der Waals surface area (Å²) in [7, 11) is 3.68. The van der Waals surface area contributed by atoms with Crippen molar-refractivity contribution in [2.75, 3.05) is 84.1 Å². The van der Waals surface area contributed by atoms with E-state index in [0.717, 1.165) is 218 Å². The van der Waals surface area contributed by atoms with Crippen LogP contribution in [0, 0.1) is 11.8 Å². The van der Waals surface area contributed by atoms with Crippen molar-refractivity contribution < 1.29 is 38.5 Å². The minimum atomic E-state index is -0.310. The highest BCUT2D eigenvalue weighted by Gasteiger charge is 2.57. The Bertz CT molecular complexity index is 3720. The summed E-state index contributed by atoms with van der Waals surface area (Å²) in [6, 6.07) is 0.247. The zero-order valence-electron chi connectivity index (χ0n) is 94.4. The third kappa shape index (κ3) is 28.9. The number of piperidine rings is 6. The highest BCUT2D eigenvalue weighted by atomic mass is 16.7. The van der Waals surface area contributed by atoms with Gasteiger partial charge in [0.05, 0.1) is 36.6 Å². The maximum Gasteiger partial charge on any atom is 0.234 e. The van der Waals surface area contributed by atoms with Gasteiger partial charge in [0, 0.05) is 131 Å². The second kappa shape index (κ2) is 47.6. The van der Waals surface area contributed by atoms with Crippen LogP contribution in [0.3, 0.4) is 0 Å². The predicted molar refractivity (Wildman–Crippen MR) is 571 cm³/mol. The summed E-state index contributed by atoms with van der Waals surface area (Å²) in [5.41, 5.74) is -2.65. The Morgan fingerprint density at radius 3 is 0.636 bits per heavy atom. The predicted octanol–water partition coefficient (Wildman–Crippen LogP) is 26.1. The Hall–Kier alpha value is -3.74. The quantitative estimate of drug-likeness (QED) is 0.0467. The first-order valence-electron chi connectivity index (χ1n) is 58.0. The Morgan fingerprint density at radius 2 is 0.429 bits per heavy atom. The van der Waals surface area contributed by atoms with E-state index in [2.05, 4.69) is 227 Å². The molecule has 2 N–H and O–H groups in total. The van der Waals surface area contributed by atoms with Gasteiger partial charge in [0.2, 0.25) is 35.7 Å². The molecule has 2 aromatic heterocycles. The van der Waals surface area contributed by atoms with E-state index in [4.69, 9.17) is 68.4 Å². The molecule has 26 heteroatoms. The third-order valence-corrected chi connectivity index (χ3v) is 35.2. The van der Waals surface area contributed by atoms with E-state index in [1.807, 2.05) is 14.2 Å². The van der Waals surface area contributed by atoms with Crippen LogP contribution in [0.4, 0.5) is 35.7 Å². The number of nitrogens with one attached hydrogen (secondary N) is 2. The van der Waals surface area contributed by atoms with Crippen LogP contribution >= 0.6 is 0 Å². The van der Waals surface area contributed by atoms with Crippen molar-refractivity contribution in [1.82, 2.24) is 60.3 Å². The van der Waals surface area contributed by atoms with Crippen molar-refractivity contribution in [2.24, 2.45) is 11.8 Å². The molecule has 26 nitrogen and oxygen atoms in total. The standard InChI is InChI=1S/C114H208N18O8/c1-103(2)71-85(72-104(3,4)127(103)135-91-55-35-29-36-56-91)53-47-49-67-115-97-117-99(121-101(119-97)125(83-133-25)89-79-111(17,18)131(112(19,20)80-89)139-95-63-43-33-44-64-95)123(87-75-107(9,10)129(108(11,12)76-87)137-93-59-39-31-40-60-93)69-51-27-28-52-70-124(88-77-109(13,14)130(110(15,16)78-88)138-94-61-41-32-42-62-94)100-118-98(116-68-50-48-54-86-73-105(5,6)128(106(7,8)74-86)136-92-57-37-30-38-58-92)120-102(122-100)126(84-134-26)90-81-113(21,22)132(114(23,24)82-90)140-96-65-45-34-46-66-96/h85-96H,27-84H2,1-26H3,(H,115,117,119,121)(H,116,118,120,122). The van der Waals surface area contributed by atoms with Crippen LogP contribution in [0.5, 0.6) is 0 Å². The van der Waals surface area contributed by atoms with E-state index in [-0.39, 0.29) is 115 Å². The molecule has 0 spiro atoms. The van der Waals surface area contributed by atoms with Gasteiger partial charge in [0.15, 0.2) is 0 Å². The SMILES string of the molecule is COCN(c1nc(NCCCCC2CC(C)(C)N(OC3CCCCC3)C(C)(C)C2)nc(N(CCCCCCN(c2nc(NCCCCC3CC(C)(C)N(OC4CCCCC4)C(C)(C)C3)nc(N(COC)C3CC(C)(C)N(OC4CCCCC4)C(C)(C)C3)n2)C2CC(C)(C)N(OC3CCCCC3)C(C)(C)C2)C2CC(C)(C)N(OC3CCCCC3)C(C)(C)C2)n1)C1CC(C)(C)N(OC2CCCCC2)C(C)(C)C1. The van der Waals surface area contributed by atoms with Gasteiger partial charge in [0.25, 0.3) is 0 Å². The van der Waals surface area contributed by atoms with Gasteiger partial charge in [-0.1, -0.05) is 154 Å². The van der Waals surface area contributed by atoms with Crippen molar-refractivity contribution in [1.29, 1.82) is 0 Å². The molecule has 6 aliphatic carbocycles. The first-order chi connectivity index (χ1) is 66.1. The molecule has 12 fully saturated rings. The number of hydrogen-bond acceptors (Lipinski definition) is 26. The lowest BCUT2D eigenvalue weighted by Gasteiger charge is -2.57. The minimum Gasteiger partial charge on any atom is -0.364 e. The van der Waals surface area contributed by atoms with Gasteiger partial charge >= 0.3 is 0 Å². The van der Waals surface area contributed by atoms with Gasteiger partial charge in [0.1, 0.15) is 13.5 Å². The Morgan fingerprint density at radius 1 is 0.236 bits per heavy atom. The monoisotopic (exact) mass is 1960 g/mol. The van der Waals surface area contributed by atoms with Crippen molar-refractivity contribution in [3.63, 3.8) is 0 Å². The molecule has 8 heterocycles. The fourth-order valence-electron chi connectivity index (χ4n) is 30.3. The lowest BCUT2D eigenvalue weighted by molar-refractivity contribution is -0.314. The van der Waals surface area contributed by atoms with Gasteiger partial charge in [-0.05, 0) is 358 Å². The minimum absolute atomic E-state index is 0.0416. The fourth-order valence-corrected chi connectivity index (χ4v) is 30.3. The number of hydrogen-bond donors (Lipinski definition) is 2. The average molecular weight is 1960 g/mol. The van der Waals surface area contributed by atoms with Gasteiger partial charge in [-0.25, -0.2) is 0 Å². The number of nitrogens with zero attached hydrogens (tertiary/aromatic N) is 16. The Balaban J connectivity index is 0.771. The lowest BCUT2D eigenvalue weighted by Crippen LogP contribution is -2.65. The van der Waals surface area contributed by atoms with E-state index in [9.17, 15) is 0 Å². The second-order valence-electron chi connectivity index (χ2n) is 54.4. The van der Waals surface area contributed by atoms with Crippen molar-refractivity contribution in [3.05, 3.63) is 0 Å². The molecule has 0 radical (unpaired) electrons. The zero-order chi connectivity index (χ0) is 100. The topological polar surface area (TPSA) is 208 Å². The molecule has 12 aliphatic rings. The summed E-state index contributed by atoms with van der Waals surface area (Å²) in [5.74, 6) is 5.29. The van der Waals surface area contributed by atoms with Crippen molar-refractivity contribution >= 4 is 35.7 Å². The third-order valence-electron chi connectivity index (χ3n) is 35.2. The average Bonchev–Trinajstić information content (AvgIpc) is 0.739. The number of ether oxygens (including phenoxy) is 2. The van der Waals surface area contributed by atoms with E-state index in [1.165, 1.54) is 154 Å². The molecular weight excluding hydrogens is 1750 g/mol. The summed E-state index contributed by atoms with van der Waals surface area (Å²) in [4.78, 5) is 87.7. The Labute approximate surface area is 852 Å². The highest BCUT2D eigenvalue weighted by Crippen LogP contribution is 2.52. The first-order valence-corrected chi connectivity index (χ1v) is 58.0. The number of hydroxylamine groups is 12. The lowest BCUT2D eigenvalue weighted by atomic mass is 9.73. The molecule has 0 unspecified atom stereocenters.